The number of piperidine rings is 1. The van der Waals surface area contributed by atoms with Gasteiger partial charge < -0.3 is 9.32 Å². The molecular weight excluding hydrogens is 426 g/mol. The summed E-state index contributed by atoms with van der Waals surface area (Å²) in [4.78, 5) is 13.8. The summed E-state index contributed by atoms with van der Waals surface area (Å²) in [6.07, 6.45) is 1.77. The van der Waals surface area contributed by atoms with E-state index < -0.39 is 26.6 Å². The molecule has 2 heterocycles. The average Bonchev–Trinajstić information content (AvgIpc) is 3.29. The van der Waals surface area contributed by atoms with Gasteiger partial charge in [-0.3, -0.25) is 4.79 Å². The lowest BCUT2D eigenvalue weighted by Gasteiger charge is -2.32. The van der Waals surface area contributed by atoms with Crippen molar-refractivity contribution in [3.05, 3.63) is 53.5 Å². The van der Waals surface area contributed by atoms with Gasteiger partial charge in [-0.1, -0.05) is 6.92 Å². The fourth-order valence-corrected chi connectivity index (χ4v) is 5.72. The molecule has 0 N–H and O–H groups in total. The van der Waals surface area contributed by atoms with E-state index in [1.165, 1.54) is 0 Å². The molecule has 4 rings (SSSR count). The summed E-state index contributed by atoms with van der Waals surface area (Å²) in [7, 11) is -2.45. The maximum atomic E-state index is 14.0. The van der Waals surface area contributed by atoms with Gasteiger partial charge in [-0.15, -0.1) is 0 Å². The van der Waals surface area contributed by atoms with Crippen molar-refractivity contribution in [3.8, 4) is 0 Å². The zero-order valence-electron chi connectivity index (χ0n) is 17.6. The van der Waals surface area contributed by atoms with Crippen LogP contribution in [0, 0.1) is 23.5 Å². The highest BCUT2D eigenvalue weighted by molar-refractivity contribution is 7.89. The molecule has 2 aromatic rings. The number of furan rings is 1. The van der Waals surface area contributed by atoms with Gasteiger partial charge in [0.05, 0.1) is 6.54 Å². The molecule has 9 heteroatoms. The molecule has 31 heavy (non-hydrogen) atoms. The van der Waals surface area contributed by atoms with Crippen LogP contribution in [0.1, 0.15) is 43.6 Å². The van der Waals surface area contributed by atoms with Gasteiger partial charge in [-0.25, -0.2) is 17.2 Å². The number of nitrogens with zero attached hydrogens (tertiary/aromatic N) is 2. The van der Waals surface area contributed by atoms with Crippen molar-refractivity contribution < 1.29 is 26.4 Å². The Morgan fingerprint density at radius 3 is 2.52 bits per heavy atom. The van der Waals surface area contributed by atoms with Gasteiger partial charge in [0.2, 0.25) is 15.9 Å². The third-order valence-corrected chi connectivity index (χ3v) is 8.15. The molecule has 1 aromatic heterocycles. The summed E-state index contributed by atoms with van der Waals surface area (Å²) < 4.78 is 59.8. The SMILES string of the molecule is C[C@@H]1C[C@@H]1c1ccc(CN(C)C(=O)C2CCN(S(=O)(=O)c3cc(F)ccc3F)CC2)o1. The molecule has 168 valence electrons. The van der Waals surface area contributed by atoms with Crippen LogP contribution in [-0.4, -0.2) is 43.7 Å². The van der Waals surface area contributed by atoms with Crippen molar-refractivity contribution in [3.63, 3.8) is 0 Å². The molecule has 1 saturated carbocycles. The fourth-order valence-electron chi connectivity index (χ4n) is 4.18. The number of carbonyl (C=O) groups excluding carboxylic acids is 1. The molecule has 1 aliphatic carbocycles. The fraction of sp³-hybridized carbons (Fsp3) is 0.500. The highest BCUT2D eigenvalue weighted by Gasteiger charge is 2.37. The second kappa shape index (κ2) is 8.35. The van der Waals surface area contributed by atoms with Crippen molar-refractivity contribution in [2.75, 3.05) is 20.1 Å². The first-order valence-corrected chi connectivity index (χ1v) is 11.9. The predicted octanol–water partition coefficient (Wildman–Crippen LogP) is 3.74. The lowest BCUT2D eigenvalue weighted by Crippen LogP contribution is -2.43. The molecule has 2 atom stereocenters. The first-order chi connectivity index (χ1) is 14.7. The van der Waals surface area contributed by atoms with Gasteiger partial charge in [0.1, 0.15) is 28.1 Å². The summed E-state index contributed by atoms with van der Waals surface area (Å²) in [5, 5.41) is 0. The maximum Gasteiger partial charge on any atom is 0.246 e. The van der Waals surface area contributed by atoms with E-state index in [1.54, 1.807) is 11.9 Å². The topological polar surface area (TPSA) is 70.8 Å². The minimum atomic E-state index is -4.16. The van der Waals surface area contributed by atoms with Crippen LogP contribution in [0.25, 0.3) is 0 Å². The molecule has 2 fully saturated rings. The molecule has 1 amide bonds. The lowest BCUT2D eigenvalue weighted by molar-refractivity contribution is -0.136. The van der Waals surface area contributed by atoms with Gasteiger partial charge >= 0.3 is 0 Å². The van der Waals surface area contributed by atoms with Crippen LogP contribution in [-0.2, 0) is 21.4 Å². The van der Waals surface area contributed by atoms with Crippen LogP contribution in [0.15, 0.2) is 39.6 Å². The Labute approximate surface area is 180 Å². The smallest absolute Gasteiger partial charge is 0.246 e. The first kappa shape index (κ1) is 22.0. The van der Waals surface area contributed by atoms with Crippen LogP contribution in [0.4, 0.5) is 8.78 Å². The Kier molecular flexibility index (Phi) is 5.91. The van der Waals surface area contributed by atoms with Crippen molar-refractivity contribution in [1.82, 2.24) is 9.21 Å². The largest absolute Gasteiger partial charge is 0.464 e. The first-order valence-electron chi connectivity index (χ1n) is 10.5. The molecule has 0 spiro atoms. The van der Waals surface area contributed by atoms with Crippen LogP contribution in [0.2, 0.25) is 0 Å². The molecule has 0 unspecified atom stereocenters. The maximum absolute atomic E-state index is 14.0. The van der Waals surface area contributed by atoms with Gasteiger partial charge in [0.15, 0.2) is 0 Å². The Morgan fingerprint density at radius 2 is 1.87 bits per heavy atom. The normalized spacial score (nSPS) is 22.5. The van der Waals surface area contributed by atoms with E-state index in [-0.39, 0.29) is 24.9 Å². The molecule has 1 aliphatic heterocycles. The highest BCUT2D eigenvalue weighted by atomic mass is 32.2. The quantitative estimate of drug-likeness (QED) is 0.670. The molecule has 6 nitrogen and oxygen atoms in total. The summed E-state index contributed by atoms with van der Waals surface area (Å²) >= 11 is 0. The monoisotopic (exact) mass is 452 g/mol. The molecule has 2 aliphatic rings. The Balaban J connectivity index is 1.35. The summed E-state index contributed by atoms with van der Waals surface area (Å²) in [6, 6.07) is 6.24. The Hall–Kier alpha value is -2.26. The van der Waals surface area contributed by atoms with Crippen molar-refractivity contribution in [2.24, 2.45) is 11.8 Å². The summed E-state index contributed by atoms with van der Waals surface area (Å²) in [6.45, 7) is 2.69. The van der Waals surface area contributed by atoms with Gasteiger partial charge in [-0.05, 0) is 55.5 Å². The van der Waals surface area contributed by atoms with E-state index in [2.05, 4.69) is 6.92 Å². The molecule has 0 radical (unpaired) electrons. The van der Waals surface area contributed by atoms with Crippen molar-refractivity contribution in [2.45, 2.75) is 43.5 Å². The number of halogens is 2. The van der Waals surface area contributed by atoms with E-state index in [9.17, 15) is 22.0 Å². The minimum absolute atomic E-state index is 0.0764. The van der Waals surface area contributed by atoms with Crippen LogP contribution < -0.4 is 0 Å². The standard InChI is InChI=1S/C22H26F2N2O4S/c1-14-11-18(14)20-6-4-17(30-20)13-25(2)22(27)15-7-9-26(10-8-15)31(28,29)21-12-16(23)3-5-19(21)24/h3-6,12,14-15,18H,7-11,13H2,1-2H3/t14-,18+/m1/s1. The number of benzene rings is 1. The number of hydrogen-bond acceptors (Lipinski definition) is 4. The third-order valence-electron chi connectivity index (χ3n) is 6.24. The Morgan fingerprint density at radius 1 is 1.19 bits per heavy atom. The van der Waals surface area contributed by atoms with Crippen LogP contribution in [0.5, 0.6) is 0 Å². The number of carbonyl (C=O) groups is 1. The van der Waals surface area contributed by atoms with E-state index in [1.807, 2.05) is 12.1 Å². The van der Waals surface area contributed by atoms with Crippen LogP contribution in [0.3, 0.4) is 0 Å². The zero-order valence-corrected chi connectivity index (χ0v) is 18.4. The van der Waals surface area contributed by atoms with Crippen molar-refractivity contribution in [1.29, 1.82) is 0 Å². The highest BCUT2D eigenvalue weighted by Crippen LogP contribution is 2.47. The van der Waals surface area contributed by atoms with Gasteiger partial charge in [0.25, 0.3) is 0 Å². The molecular formula is C22H26F2N2O4S. The number of hydrogen-bond donors (Lipinski definition) is 0. The van der Waals surface area contributed by atoms with E-state index >= 15 is 0 Å². The summed E-state index contributed by atoms with van der Waals surface area (Å²) in [5.41, 5.74) is 0. The van der Waals surface area contributed by atoms with E-state index in [4.69, 9.17) is 4.42 Å². The number of amides is 1. The molecule has 0 bridgehead atoms. The van der Waals surface area contributed by atoms with E-state index in [0.29, 0.717) is 37.3 Å². The lowest BCUT2D eigenvalue weighted by atomic mass is 9.96. The van der Waals surface area contributed by atoms with Crippen molar-refractivity contribution >= 4 is 15.9 Å². The predicted molar refractivity (Wildman–Crippen MR) is 110 cm³/mol. The molecule has 1 aromatic carbocycles. The molecule has 1 saturated heterocycles. The van der Waals surface area contributed by atoms with Gasteiger partial charge in [0, 0.05) is 32.0 Å². The van der Waals surface area contributed by atoms with E-state index in [0.717, 1.165) is 34.4 Å². The second-order valence-corrected chi connectivity index (χ2v) is 10.5. The Bertz CT molecular complexity index is 1080. The minimum Gasteiger partial charge on any atom is -0.464 e. The zero-order chi connectivity index (χ0) is 22.3. The number of rotatable bonds is 6. The summed E-state index contributed by atoms with van der Waals surface area (Å²) in [5.74, 6) is 0.600. The van der Waals surface area contributed by atoms with Crippen LogP contribution >= 0.6 is 0 Å². The average molecular weight is 453 g/mol. The second-order valence-electron chi connectivity index (χ2n) is 8.57. The van der Waals surface area contributed by atoms with Gasteiger partial charge in [-0.2, -0.15) is 4.31 Å². The number of sulfonamides is 1. The third kappa shape index (κ3) is 4.52.